The first-order valence-electron chi connectivity index (χ1n) is 12.1. The number of amides is 2. The molecule has 0 atom stereocenters. The van der Waals surface area contributed by atoms with Crippen LogP contribution < -0.4 is 15.0 Å². The van der Waals surface area contributed by atoms with E-state index in [1.54, 1.807) is 32.2 Å². The lowest BCUT2D eigenvalue weighted by atomic mass is 10.1. The fourth-order valence-electron chi connectivity index (χ4n) is 4.12. The summed E-state index contributed by atoms with van der Waals surface area (Å²) in [5.74, 6) is -0.577. The first kappa shape index (κ1) is 29.2. The summed E-state index contributed by atoms with van der Waals surface area (Å²) in [5.41, 5.74) is 1.75. The van der Waals surface area contributed by atoms with Crippen LogP contribution in [0.1, 0.15) is 22.4 Å². The molecule has 208 valence electrons. The predicted octanol–water partition coefficient (Wildman–Crippen LogP) is 6.77. The van der Waals surface area contributed by atoms with Crippen molar-refractivity contribution in [1.29, 1.82) is 0 Å². The van der Waals surface area contributed by atoms with Crippen molar-refractivity contribution in [2.75, 3.05) is 18.5 Å². The van der Waals surface area contributed by atoms with Crippen LogP contribution >= 0.6 is 23.2 Å². The number of para-hydroxylation sites is 1. The van der Waals surface area contributed by atoms with Gasteiger partial charge in [-0.2, -0.15) is 13.2 Å². The lowest BCUT2D eigenvalue weighted by Crippen LogP contribution is -2.39. The number of halogens is 5. The van der Waals surface area contributed by atoms with Crippen LogP contribution in [0.2, 0.25) is 10.0 Å². The molecule has 11 heteroatoms. The molecule has 4 aromatic rings. The van der Waals surface area contributed by atoms with E-state index in [9.17, 15) is 22.8 Å². The Morgan fingerprint density at radius 3 is 2.27 bits per heavy atom. The number of hydrogen-bond donors (Lipinski definition) is 1. The van der Waals surface area contributed by atoms with E-state index >= 15 is 0 Å². The molecule has 0 radical (unpaired) electrons. The molecule has 40 heavy (non-hydrogen) atoms. The van der Waals surface area contributed by atoms with Crippen LogP contribution in [0.15, 0.2) is 66.7 Å². The van der Waals surface area contributed by atoms with E-state index in [2.05, 4.69) is 10.3 Å². The van der Waals surface area contributed by atoms with E-state index < -0.39 is 23.6 Å². The highest BCUT2D eigenvalue weighted by Gasteiger charge is 2.30. The van der Waals surface area contributed by atoms with E-state index in [-0.39, 0.29) is 19.6 Å². The van der Waals surface area contributed by atoms with Crippen molar-refractivity contribution in [1.82, 2.24) is 10.3 Å². The number of hydrogen-bond acceptors (Lipinski definition) is 4. The average molecular weight is 590 g/mol. The second kappa shape index (κ2) is 12.1. The van der Waals surface area contributed by atoms with Gasteiger partial charge in [-0.3, -0.25) is 14.6 Å². The number of alkyl halides is 3. The quantitative estimate of drug-likeness (QED) is 0.246. The monoisotopic (exact) mass is 589 g/mol. The van der Waals surface area contributed by atoms with E-state index in [4.69, 9.17) is 27.9 Å². The zero-order valence-corrected chi connectivity index (χ0v) is 23.0. The Balaban J connectivity index is 1.51. The number of fused-ring (bicyclic) bond motifs is 1. The number of likely N-dealkylation sites (N-methyl/N-ethyl adjacent to an activating group) is 1. The lowest BCUT2D eigenvalue weighted by Gasteiger charge is -2.24. The molecule has 0 fully saturated rings. The van der Waals surface area contributed by atoms with E-state index in [0.717, 1.165) is 12.1 Å². The summed E-state index contributed by atoms with van der Waals surface area (Å²) < 4.78 is 44.5. The molecule has 1 heterocycles. The molecule has 2 amide bonds. The van der Waals surface area contributed by atoms with Crippen LogP contribution in [0.3, 0.4) is 0 Å². The lowest BCUT2D eigenvalue weighted by molar-refractivity contribution is -0.137. The molecule has 0 saturated heterocycles. The number of aromatic nitrogens is 1. The van der Waals surface area contributed by atoms with Crippen molar-refractivity contribution < 1.29 is 27.5 Å². The van der Waals surface area contributed by atoms with E-state index in [1.165, 1.54) is 17.0 Å². The average Bonchev–Trinajstić information content (AvgIpc) is 2.90. The largest absolute Gasteiger partial charge is 0.486 e. The highest BCUT2D eigenvalue weighted by molar-refractivity contribution is 6.35. The van der Waals surface area contributed by atoms with Crippen LogP contribution in [0.4, 0.5) is 18.9 Å². The Kier molecular flexibility index (Phi) is 8.85. The Hall–Kier alpha value is -3.82. The number of pyridine rings is 1. The van der Waals surface area contributed by atoms with Gasteiger partial charge in [0.1, 0.15) is 12.3 Å². The van der Waals surface area contributed by atoms with Gasteiger partial charge < -0.3 is 15.0 Å². The van der Waals surface area contributed by atoms with Gasteiger partial charge in [-0.15, -0.1) is 0 Å². The number of nitrogens with one attached hydrogen (secondary N) is 1. The van der Waals surface area contributed by atoms with Crippen molar-refractivity contribution in [2.24, 2.45) is 0 Å². The first-order valence-corrected chi connectivity index (χ1v) is 12.9. The van der Waals surface area contributed by atoms with Crippen LogP contribution in [0, 0.1) is 6.92 Å². The normalized spacial score (nSPS) is 11.4. The third-order valence-corrected chi connectivity index (χ3v) is 6.92. The van der Waals surface area contributed by atoms with Crippen molar-refractivity contribution in [3.8, 4) is 5.75 Å². The smallest absolute Gasteiger partial charge is 0.416 e. The molecular weight excluding hydrogens is 566 g/mol. The second-order valence-electron chi connectivity index (χ2n) is 8.98. The Bertz CT molecular complexity index is 1540. The minimum atomic E-state index is -4.46. The molecular formula is C29H24Cl2F3N3O3. The van der Waals surface area contributed by atoms with Gasteiger partial charge in [0.05, 0.1) is 29.7 Å². The third kappa shape index (κ3) is 6.66. The molecule has 1 N–H and O–H groups in total. The standard InChI is InChI=1S/C29H24Cl2F3N3O3/c1-17-27(37(2)26(39)15-35-25(38)14-18-10-12-19(13-11-18)29(32,33)34)28(20-6-3-4-9-24(20)36-17)40-16-21-22(30)7-5-8-23(21)31/h3-13H,14-16H2,1-2H3,(H,35,38). The van der Waals surface area contributed by atoms with Gasteiger partial charge in [0, 0.05) is 28.0 Å². The Morgan fingerprint density at radius 2 is 1.62 bits per heavy atom. The van der Waals surface area contributed by atoms with Crippen molar-refractivity contribution in [2.45, 2.75) is 26.1 Å². The molecule has 0 aliphatic carbocycles. The molecule has 6 nitrogen and oxygen atoms in total. The van der Waals surface area contributed by atoms with Gasteiger partial charge in [0.2, 0.25) is 11.8 Å². The van der Waals surface area contributed by atoms with E-state index in [1.807, 2.05) is 24.3 Å². The Labute approximate surface area is 238 Å². The minimum Gasteiger partial charge on any atom is -0.486 e. The van der Waals surface area contributed by atoms with Crippen LogP contribution in [0.5, 0.6) is 5.75 Å². The number of ether oxygens (including phenoxy) is 1. The zero-order valence-electron chi connectivity index (χ0n) is 21.5. The number of aryl methyl sites for hydroxylation is 1. The number of carbonyl (C=O) groups excluding carboxylic acids is 2. The van der Waals surface area contributed by atoms with Crippen molar-refractivity contribution >= 4 is 51.6 Å². The van der Waals surface area contributed by atoms with E-state index in [0.29, 0.717) is 49.2 Å². The van der Waals surface area contributed by atoms with Gasteiger partial charge in [0.15, 0.2) is 5.75 Å². The van der Waals surface area contributed by atoms with Gasteiger partial charge in [-0.25, -0.2) is 0 Å². The Morgan fingerprint density at radius 1 is 0.975 bits per heavy atom. The summed E-state index contributed by atoms with van der Waals surface area (Å²) in [6, 6.07) is 16.7. The molecule has 1 aromatic heterocycles. The topological polar surface area (TPSA) is 71.5 Å². The summed E-state index contributed by atoms with van der Waals surface area (Å²) in [4.78, 5) is 31.5. The number of anilines is 1. The maximum atomic E-state index is 13.1. The van der Waals surface area contributed by atoms with Gasteiger partial charge in [-0.05, 0) is 48.9 Å². The van der Waals surface area contributed by atoms with Crippen molar-refractivity contribution in [3.63, 3.8) is 0 Å². The molecule has 0 aliphatic rings. The molecule has 0 saturated carbocycles. The molecule has 0 bridgehead atoms. The highest BCUT2D eigenvalue weighted by atomic mass is 35.5. The molecule has 0 unspecified atom stereocenters. The first-order chi connectivity index (χ1) is 19.0. The van der Waals surface area contributed by atoms with Crippen LogP contribution in [-0.2, 0) is 28.8 Å². The summed E-state index contributed by atoms with van der Waals surface area (Å²) in [6.45, 7) is 1.42. The minimum absolute atomic E-state index is 0.0326. The maximum absolute atomic E-state index is 13.1. The van der Waals surface area contributed by atoms with Crippen LogP contribution in [-0.4, -0.2) is 30.4 Å². The number of carbonyl (C=O) groups is 2. The van der Waals surface area contributed by atoms with Crippen LogP contribution in [0.25, 0.3) is 10.9 Å². The number of rotatable bonds is 8. The summed E-state index contributed by atoms with van der Waals surface area (Å²) in [6.07, 6.45) is -4.64. The molecule has 3 aromatic carbocycles. The zero-order chi connectivity index (χ0) is 29.0. The second-order valence-corrected chi connectivity index (χ2v) is 9.80. The van der Waals surface area contributed by atoms with Gasteiger partial charge in [-0.1, -0.05) is 53.5 Å². The summed E-state index contributed by atoms with van der Waals surface area (Å²) >= 11 is 12.6. The third-order valence-electron chi connectivity index (χ3n) is 6.21. The highest BCUT2D eigenvalue weighted by Crippen LogP contribution is 2.39. The van der Waals surface area contributed by atoms with Gasteiger partial charge >= 0.3 is 6.18 Å². The fraction of sp³-hybridized carbons (Fsp3) is 0.207. The summed E-state index contributed by atoms with van der Waals surface area (Å²) in [5, 5.41) is 4.06. The molecule has 0 aliphatic heterocycles. The molecule has 0 spiro atoms. The molecule has 4 rings (SSSR count). The van der Waals surface area contributed by atoms with Crippen molar-refractivity contribution in [3.05, 3.63) is 99.2 Å². The fourth-order valence-corrected chi connectivity index (χ4v) is 4.63. The number of benzene rings is 3. The predicted molar refractivity (Wildman–Crippen MR) is 149 cm³/mol. The SMILES string of the molecule is Cc1nc2ccccc2c(OCc2c(Cl)cccc2Cl)c1N(C)C(=O)CNC(=O)Cc1ccc(C(F)(F)F)cc1. The maximum Gasteiger partial charge on any atom is 0.416 e. The number of nitrogens with zero attached hydrogens (tertiary/aromatic N) is 2. The summed E-state index contributed by atoms with van der Waals surface area (Å²) in [7, 11) is 1.54. The van der Waals surface area contributed by atoms with Gasteiger partial charge in [0.25, 0.3) is 0 Å².